The van der Waals surface area contributed by atoms with Crippen molar-refractivity contribution in [2.24, 2.45) is 0 Å². The van der Waals surface area contributed by atoms with Gasteiger partial charge in [-0.3, -0.25) is 0 Å². The third-order valence-electron chi connectivity index (χ3n) is 16.4. The summed E-state index contributed by atoms with van der Waals surface area (Å²) < 4.78 is 2.44. The molecule has 3 aliphatic carbocycles. The maximum atomic E-state index is 2.52. The topological polar surface area (TPSA) is 8.17 Å². The van der Waals surface area contributed by atoms with Crippen LogP contribution >= 0.6 is 0 Å². The molecule has 1 aromatic heterocycles. The highest BCUT2D eigenvalue weighted by Crippen LogP contribution is 2.64. The van der Waals surface area contributed by atoms with E-state index in [1.807, 2.05) is 0 Å². The molecule has 0 atom stereocenters. The van der Waals surface area contributed by atoms with Crippen LogP contribution in [0.5, 0.6) is 0 Å². The molecule has 354 valence electrons. The summed E-state index contributed by atoms with van der Waals surface area (Å²) in [5, 5.41) is 2.67. The van der Waals surface area contributed by atoms with Crippen molar-refractivity contribution in [3.63, 3.8) is 0 Å². The number of para-hydroxylation sites is 1. The van der Waals surface area contributed by atoms with Crippen LogP contribution in [0.3, 0.4) is 0 Å². The number of rotatable bonds is 10. The van der Waals surface area contributed by atoms with E-state index in [0.29, 0.717) is 0 Å². The van der Waals surface area contributed by atoms with Crippen LogP contribution in [-0.2, 0) is 18.3 Å². The second kappa shape index (κ2) is 17.8. The smallest absolute Gasteiger partial charge is 0.0722 e. The monoisotopic (exact) mass is 948 g/mol. The Morgan fingerprint density at radius 3 is 1.65 bits per heavy atom. The SMILES string of the molecule is CCCc1ccc2c(c1)c1cc(CC)ccc1n2-c1ccc(-c2ccc(-c3ccc(N(c4ccc5c(c4)C4(C6=C5CCC=C6)c5ccccc5-c5ccccc54)c4ccccc4-c4ccccc4)cc3)cc2)cc1. The third-order valence-corrected chi connectivity index (χ3v) is 16.4. The lowest BCUT2D eigenvalue weighted by Gasteiger charge is -2.34. The minimum absolute atomic E-state index is 0.392. The molecular weight excluding hydrogens is 893 g/mol. The van der Waals surface area contributed by atoms with Gasteiger partial charge in [-0.05, 0) is 176 Å². The van der Waals surface area contributed by atoms with E-state index in [2.05, 4.69) is 266 Å². The Morgan fingerprint density at radius 2 is 1.00 bits per heavy atom. The summed E-state index contributed by atoms with van der Waals surface area (Å²) in [5.74, 6) is 0. The van der Waals surface area contributed by atoms with Gasteiger partial charge >= 0.3 is 0 Å². The first-order valence-corrected chi connectivity index (χ1v) is 26.7. The predicted octanol–water partition coefficient (Wildman–Crippen LogP) is 19.2. The van der Waals surface area contributed by atoms with Crippen molar-refractivity contribution in [3.8, 4) is 50.2 Å². The Hall–Kier alpha value is -8.72. The number of allylic oxidation sites excluding steroid dienone is 4. The molecular formula is C72H56N2. The number of nitrogens with zero attached hydrogens (tertiary/aromatic N) is 2. The molecule has 0 fully saturated rings. The minimum Gasteiger partial charge on any atom is -0.310 e. The Labute approximate surface area is 434 Å². The van der Waals surface area contributed by atoms with Crippen molar-refractivity contribution < 1.29 is 0 Å². The molecule has 1 spiro atoms. The standard InChI is InChI=1S/C72H56N2/c1-3-16-49-28-44-71-64(46-49)63-45-48(4-2)27-43-70(63)74(71)56-39-35-53(36-40-56)51-31-29-50(30-32-51)52-33-37-55(38-34-52)73(69-26-15-11-19-58(69)54-17-6-5-7-18-54)57-41-42-62-61-22-10-14-25-67(61)72(68(62)47-57)65-23-12-8-20-59(65)60-21-9-13-24-66(60)72/h5-9,11-15,17-21,23-47H,3-4,10,16,22H2,1-2H3. The van der Waals surface area contributed by atoms with Crippen LogP contribution in [0.15, 0.2) is 248 Å². The number of hydrogen-bond donors (Lipinski definition) is 0. The van der Waals surface area contributed by atoms with Gasteiger partial charge in [0.1, 0.15) is 0 Å². The summed E-state index contributed by atoms with van der Waals surface area (Å²) in [4.78, 5) is 2.48. The Kier molecular flexibility index (Phi) is 10.6. The molecule has 74 heavy (non-hydrogen) atoms. The summed E-state index contributed by atoms with van der Waals surface area (Å²) in [6.07, 6.45) is 10.2. The largest absolute Gasteiger partial charge is 0.310 e. The van der Waals surface area contributed by atoms with Crippen molar-refractivity contribution in [2.45, 2.75) is 51.4 Å². The molecule has 0 aliphatic heterocycles. The van der Waals surface area contributed by atoms with Crippen LogP contribution in [0.25, 0.3) is 77.6 Å². The zero-order valence-corrected chi connectivity index (χ0v) is 42.0. The third kappa shape index (κ3) is 6.85. The summed E-state index contributed by atoms with van der Waals surface area (Å²) in [5.41, 5.74) is 27.7. The number of hydrogen-bond acceptors (Lipinski definition) is 1. The van der Waals surface area contributed by atoms with E-state index in [1.165, 1.54) is 117 Å². The zero-order valence-electron chi connectivity index (χ0n) is 42.0. The van der Waals surface area contributed by atoms with Gasteiger partial charge < -0.3 is 9.47 Å². The van der Waals surface area contributed by atoms with Gasteiger partial charge in [-0.2, -0.15) is 0 Å². The van der Waals surface area contributed by atoms with Crippen LogP contribution in [0.2, 0.25) is 0 Å². The maximum Gasteiger partial charge on any atom is 0.0722 e. The van der Waals surface area contributed by atoms with Crippen LogP contribution < -0.4 is 4.90 Å². The molecule has 0 saturated heterocycles. The lowest BCUT2D eigenvalue weighted by atomic mass is 9.69. The van der Waals surface area contributed by atoms with Gasteiger partial charge in [0.05, 0.1) is 22.1 Å². The highest BCUT2D eigenvalue weighted by Gasteiger charge is 2.52. The fourth-order valence-electron chi connectivity index (χ4n) is 13.0. The fourth-order valence-corrected chi connectivity index (χ4v) is 13.0. The van der Waals surface area contributed by atoms with Crippen molar-refractivity contribution in [1.29, 1.82) is 0 Å². The molecule has 2 nitrogen and oxygen atoms in total. The summed E-state index contributed by atoms with van der Waals surface area (Å²) in [6.45, 7) is 4.50. The molecule has 1 heterocycles. The molecule has 0 bridgehead atoms. The number of benzene rings is 10. The molecule has 0 radical (unpaired) electrons. The van der Waals surface area contributed by atoms with Crippen molar-refractivity contribution in [2.75, 3.05) is 4.90 Å². The van der Waals surface area contributed by atoms with E-state index in [4.69, 9.17) is 0 Å². The van der Waals surface area contributed by atoms with E-state index in [1.54, 1.807) is 0 Å². The highest BCUT2D eigenvalue weighted by molar-refractivity contribution is 6.10. The van der Waals surface area contributed by atoms with E-state index < -0.39 is 5.41 Å². The Morgan fingerprint density at radius 1 is 0.446 bits per heavy atom. The molecule has 0 amide bonds. The zero-order chi connectivity index (χ0) is 49.3. The lowest BCUT2D eigenvalue weighted by Crippen LogP contribution is -2.27. The Bertz CT molecular complexity index is 3990. The average Bonchev–Trinajstić information content (AvgIpc) is 4.09. The van der Waals surface area contributed by atoms with E-state index in [0.717, 1.165) is 49.2 Å². The summed E-state index contributed by atoms with van der Waals surface area (Å²) in [6, 6.07) is 86.7. The highest BCUT2D eigenvalue weighted by atomic mass is 15.1. The van der Waals surface area contributed by atoms with Gasteiger partial charge in [0.25, 0.3) is 0 Å². The van der Waals surface area contributed by atoms with Gasteiger partial charge in [-0.25, -0.2) is 0 Å². The second-order valence-electron chi connectivity index (χ2n) is 20.4. The molecule has 10 aromatic carbocycles. The van der Waals surface area contributed by atoms with Crippen LogP contribution in [0, 0.1) is 0 Å². The van der Waals surface area contributed by atoms with Gasteiger partial charge in [-0.1, -0.05) is 196 Å². The number of fused-ring (bicyclic) bond motifs is 12. The van der Waals surface area contributed by atoms with Crippen molar-refractivity contribution in [1.82, 2.24) is 4.57 Å². The van der Waals surface area contributed by atoms with Crippen molar-refractivity contribution in [3.05, 3.63) is 282 Å². The Balaban J connectivity index is 0.826. The number of aryl methyl sites for hydroxylation is 2. The first kappa shape index (κ1) is 44.0. The molecule has 2 heteroatoms. The van der Waals surface area contributed by atoms with Gasteiger partial charge in [0.15, 0.2) is 0 Å². The van der Waals surface area contributed by atoms with Crippen LogP contribution in [-0.4, -0.2) is 4.57 Å². The normalized spacial score (nSPS) is 13.9. The number of aromatic nitrogens is 1. The number of anilines is 3. The van der Waals surface area contributed by atoms with Gasteiger partial charge in [0, 0.05) is 33.4 Å². The molecule has 3 aliphatic rings. The first-order valence-electron chi connectivity index (χ1n) is 26.7. The lowest BCUT2D eigenvalue weighted by molar-refractivity contribution is 0.780. The minimum atomic E-state index is -0.392. The second-order valence-corrected chi connectivity index (χ2v) is 20.4. The van der Waals surface area contributed by atoms with Gasteiger partial charge in [-0.15, -0.1) is 0 Å². The molecule has 11 aromatic rings. The maximum absolute atomic E-state index is 2.52. The molecule has 0 N–H and O–H groups in total. The first-order chi connectivity index (χ1) is 36.6. The predicted molar refractivity (Wildman–Crippen MR) is 312 cm³/mol. The molecule has 0 saturated carbocycles. The fraction of sp³-hybridized carbons (Fsp3) is 0.111. The van der Waals surface area contributed by atoms with E-state index >= 15 is 0 Å². The van der Waals surface area contributed by atoms with E-state index in [-0.39, 0.29) is 0 Å². The van der Waals surface area contributed by atoms with Gasteiger partial charge in [0.2, 0.25) is 0 Å². The molecule has 0 unspecified atom stereocenters. The van der Waals surface area contributed by atoms with Crippen molar-refractivity contribution >= 4 is 44.4 Å². The van der Waals surface area contributed by atoms with Crippen LogP contribution in [0.1, 0.15) is 66.5 Å². The van der Waals surface area contributed by atoms with E-state index in [9.17, 15) is 0 Å². The van der Waals surface area contributed by atoms with Crippen LogP contribution in [0.4, 0.5) is 17.1 Å². The average molecular weight is 949 g/mol. The quantitative estimate of drug-likeness (QED) is 0.133. The molecule has 14 rings (SSSR count). The summed E-state index contributed by atoms with van der Waals surface area (Å²) in [7, 11) is 0. The summed E-state index contributed by atoms with van der Waals surface area (Å²) >= 11 is 0.